The van der Waals surface area contributed by atoms with Crippen LogP contribution in [0.4, 0.5) is 0 Å². The van der Waals surface area contributed by atoms with Crippen molar-refractivity contribution >= 4 is 5.78 Å². The Hall–Kier alpha value is -0.790. The van der Waals surface area contributed by atoms with Gasteiger partial charge in [0, 0.05) is 12.1 Å². The van der Waals surface area contributed by atoms with Gasteiger partial charge in [-0.05, 0) is 13.3 Å². The summed E-state index contributed by atoms with van der Waals surface area (Å²) in [5, 5.41) is 0. The standard InChI is InChI=1S/C6H11NO/c1-5(7)3-4-6(2)8/h1,3-4,7H2,2H3. The summed E-state index contributed by atoms with van der Waals surface area (Å²) < 4.78 is 0. The van der Waals surface area contributed by atoms with Gasteiger partial charge in [-0.25, -0.2) is 0 Å². The third-order valence-electron chi connectivity index (χ3n) is 0.798. The van der Waals surface area contributed by atoms with Crippen LogP contribution in [0, 0.1) is 0 Å². The molecule has 2 nitrogen and oxygen atoms in total. The van der Waals surface area contributed by atoms with Crippen LogP contribution in [0.15, 0.2) is 12.3 Å². The molecule has 0 aliphatic heterocycles. The molecule has 0 aromatic rings. The lowest BCUT2D eigenvalue weighted by Crippen LogP contribution is -1.97. The quantitative estimate of drug-likeness (QED) is 0.589. The second kappa shape index (κ2) is 3.24. The molecule has 0 saturated heterocycles. The van der Waals surface area contributed by atoms with E-state index < -0.39 is 0 Å². The van der Waals surface area contributed by atoms with Gasteiger partial charge in [0.25, 0.3) is 0 Å². The highest BCUT2D eigenvalue weighted by Gasteiger charge is 1.91. The maximum atomic E-state index is 10.3. The molecule has 0 spiro atoms. The van der Waals surface area contributed by atoms with E-state index in [0.29, 0.717) is 18.5 Å². The van der Waals surface area contributed by atoms with E-state index in [1.165, 1.54) is 0 Å². The Morgan fingerprint density at radius 3 is 2.25 bits per heavy atom. The van der Waals surface area contributed by atoms with Gasteiger partial charge in [0.05, 0.1) is 0 Å². The van der Waals surface area contributed by atoms with Crippen molar-refractivity contribution in [1.82, 2.24) is 0 Å². The zero-order valence-corrected chi connectivity index (χ0v) is 5.11. The van der Waals surface area contributed by atoms with Gasteiger partial charge in [0.15, 0.2) is 0 Å². The Bertz CT molecular complexity index is 93.1. The Labute approximate surface area is 49.4 Å². The van der Waals surface area contributed by atoms with Crippen molar-refractivity contribution in [2.75, 3.05) is 0 Å². The molecule has 0 aromatic carbocycles. The van der Waals surface area contributed by atoms with Crippen LogP contribution in [0.5, 0.6) is 0 Å². The summed E-state index contributed by atoms with van der Waals surface area (Å²) in [6.07, 6.45) is 1.14. The Morgan fingerprint density at radius 2 is 2.12 bits per heavy atom. The van der Waals surface area contributed by atoms with Crippen LogP contribution in [-0.4, -0.2) is 5.78 Å². The summed E-state index contributed by atoms with van der Waals surface area (Å²) in [4.78, 5) is 10.3. The van der Waals surface area contributed by atoms with Gasteiger partial charge < -0.3 is 10.5 Å². The van der Waals surface area contributed by atoms with Crippen LogP contribution >= 0.6 is 0 Å². The predicted molar refractivity (Wildman–Crippen MR) is 33.2 cm³/mol. The molecular formula is C6H11NO. The molecule has 8 heavy (non-hydrogen) atoms. The highest BCUT2D eigenvalue weighted by atomic mass is 16.1. The van der Waals surface area contributed by atoms with Gasteiger partial charge >= 0.3 is 0 Å². The minimum atomic E-state index is 0.164. The van der Waals surface area contributed by atoms with Gasteiger partial charge in [-0.1, -0.05) is 6.58 Å². The van der Waals surface area contributed by atoms with Crippen LogP contribution in [0.3, 0.4) is 0 Å². The summed E-state index contributed by atoms with van der Waals surface area (Å²) in [7, 11) is 0. The highest BCUT2D eigenvalue weighted by Crippen LogP contribution is 1.94. The second-order valence-electron chi connectivity index (χ2n) is 1.86. The fraction of sp³-hybridized carbons (Fsp3) is 0.500. The summed E-state index contributed by atoms with van der Waals surface area (Å²) in [6, 6.07) is 0. The molecule has 0 unspecified atom stereocenters. The second-order valence-corrected chi connectivity index (χ2v) is 1.86. The first-order valence-electron chi connectivity index (χ1n) is 2.55. The monoisotopic (exact) mass is 113 g/mol. The SMILES string of the molecule is C=C(N)CCC(C)=O. The van der Waals surface area contributed by atoms with Crippen molar-refractivity contribution in [3.63, 3.8) is 0 Å². The topological polar surface area (TPSA) is 43.1 Å². The zero-order chi connectivity index (χ0) is 6.57. The number of rotatable bonds is 3. The van der Waals surface area contributed by atoms with Crippen LogP contribution in [0.25, 0.3) is 0 Å². The van der Waals surface area contributed by atoms with Crippen molar-refractivity contribution in [3.05, 3.63) is 12.3 Å². The molecule has 0 heterocycles. The van der Waals surface area contributed by atoms with Crippen LogP contribution in [0.2, 0.25) is 0 Å². The van der Waals surface area contributed by atoms with Crippen molar-refractivity contribution in [1.29, 1.82) is 0 Å². The lowest BCUT2D eigenvalue weighted by molar-refractivity contribution is -0.116. The average Bonchev–Trinajstić information content (AvgIpc) is 1.61. The van der Waals surface area contributed by atoms with Gasteiger partial charge in [0.1, 0.15) is 5.78 Å². The molecular weight excluding hydrogens is 102 g/mol. The van der Waals surface area contributed by atoms with Crippen LogP contribution in [-0.2, 0) is 4.79 Å². The molecule has 0 amide bonds. The van der Waals surface area contributed by atoms with Gasteiger partial charge in [0.2, 0.25) is 0 Å². The first-order chi connectivity index (χ1) is 3.63. The number of nitrogens with two attached hydrogens (primary N) is 1. The zero-order valence-electron chi connectivity index (χ0n) is 5.11. The molecule has 0 fully saturated rings. The van der Waals surface area contributed by atoms with Crippen molar-refractivity contribution in [3.8, 4) is 0 Å². The van der Waals surface area contributed by atoms with Crippen LogP contribution in [0.1, 0.15) is 19.8 Å². The van der Waals surface area contributed by atoms with Crippen molar-refractivity contribution < 1.29 is 4.79 Å². The number of hydrogen-bond acceptors (Lipinski definition) is 2. The molecule has 0 rings (SSSR count). The first kappa shape index (κ1) is 7.21. The number of allylic oxidation sites excluding steroid dienone is 1. The van der Waals surface area contributed by atoms with Gasteiger partial charge in [-0.15, -0.1) is 0 Å². The lowest BCUT2D eigenvalue weighted by atomic mass is 10.2. The normalized spacial score (nSPS) is 8.62. The smallest absolute Gasteiger partial charge is 0.130 e. The molecule has 46 valence electrons. The number of ketones is 1. The molecule has 2 N–H and O–H groups in total. The van der Waals surface area contributed by atoms with Crippen molar-refractivity contribution in [2.45, 2.75) is 19.8 Å². The lowest BCUT2D eigenvalue weighted by Gasteiger charge is -1.92. The Kier molecular flexibility index (Phi) is 2.92. The molecule has 0 radical (unpaired) electrons. The fourth-order valence-corrected chi connectivity index (χ4v) is 0.337. The third kappa shape index (κ3) is 5.21. The van der Waals surface area contributed by atoms with E-state index >= 15 is 0 Å². The fourth-order valence-electron chi connectivity index (χ4n) is 0.337. The maximum Gasteiger partial charge on any atom is 0.130 e. The Morgan fingerprint density at radius 1 is 1.62 bits per heavy atom. The molecule has 0 aliphatic rings. The van der Waals surface area contributed by atoms with Crippen molar-refractivity contribution in [2.24, 2.45) is 5.73 Å². The summed E-state index contributed by atoms with van der Waals surface area (Å²) >= 11 is 0. The summed E-state index contributed by atoms with van der Waals surface area (Å²) in [5.74, 6) is 0.164. The van der Waals surface area contributed by atoms with E-state index in [1.54, 1.807) is 6.92 Å². The molecule has 0 aliphatic carbocycles. The van der Waals surface area contributed by atoms with Crippen LogP contribution < -0.4 is 5.73 Å². The molecule has 2 heteroatoms. The molecule has 0 bridgehead atoms. The first-order valence-corrected chi connectivity index (χ1v) is 2.55. The van der Waals surface area contributed by atoms with Gasteiger partial charge in [-0.3, -0.25) is 0 Å². The predicted octanol–water partition coefficient (Wildman–Crippen LogP) is 0.828. The average molecular weight is 113 g/mol. The number of carbonyl (C=O) groups is 1. The minimum absolute atomic E-state index is 0.164. The highest BCUT2D eigenvalue weighted by molar-refractivity contribution is 5.75. The van der Waals surface area contributed by atoms with E-state index in [9.17, 15) is 4.79 Å². The molecule has 0 saturated carbocycles. The number of hydrogen-bond donors (Lipinski definition) is 1. The van der Waals surface area contributed by atoms with E-state index in [0.717, 1.165) is 0 Å². The van der Waals surface area contributed by atoms with E-state index in [-0.39, 0.29) is 5.78 Å². The molecule has 0 atom stereocenters. The number of Topliss-reactive ketones (excluding diaryl/α,β-unsaturated/α-hetero) is 1. The largest absolute Gasteiger partial charge is 0.403 e. The third-order valence-corrected chi connectivity index (χ3v) is 0.798. The van der Waals surface area contributed by atoms with E-state index in [4.69, 9.17) is 5.73 Å². The van der Waals surface area contributed by atoms with E-state index in [1.807, 2.05) is 0 Å². The Balaban J connectivity index is 3.18. The maximum absolute atomic E-state index is 10.3. The van der Waals surface area contributed by atoms with E-state index in [2.05, 4.69) is 6.58 Å². The summed E-state index contributed by atoms with van der Waals surface area (Å²) in [6.45, 7) is 5.00. The molecule has 0 aromatic heterocycles. The number of carbonyl (C=O) groups excluding carboxylic acids is 1. The minimum Gasteiger partial charge on any atom is -0.403 e. The summed E-state index contributed by atoms with van der Waals surface area (Å²) in [5.41, 5.74) is 5.78. The van der Waals surface area contributed by atoms with Gasteiger partial charge in [-0.2, -0.15) is 0 Å².